The van der Waals surface area contributed by atoms with Gasteiger partial charge < -0.3 is 19.4 Å². The molecule has 11 heteroatoms. The van der Waals surface area contributed by atoms with Gasteiger partial charge in [-0.25, -0.2) is 4.68 Å². The molecule has 2 aliphatic rings. The fraction of sp³-hybridized carbons (Fsp3) is 0.133. The van der Waals surface area contributed by atoms with Crippen LogP contribution >= 0.6 is 11.8 Å². The minimum Gasteiger partial charge on any atom is -0.543 e. The molecule has 1 amide bonds. The van der Waals surface area contributed by atoms with Crippen LogP contribution in [-0.2, 0) is 15.1 Å². The maximum Gasteiger partial charge on any atom is 1.00 e. The van der Waals surface area contributed by atoms with Gasteiger partial charge in [-0.15, -0.1) is 16.9 Å². The first kappa shape index (κ1) is 28.7. The van der Waals surface area contributed by atoms with Gasteiger partial charge >= 0.3 is 29.6 Å². The van der Waals surface area contributed by atoms with Crippen LogP contribution in [0.5, 0.6) is 11.5 Å². The predicted octanol–water partition coefficient (Wildman–Crippen LogP) is 0.0293. The maximum atomic E-state index is 12.8. The molecule has 0 aliphatic carbocycles. The molecule has 9 nitrogen and oxygen atoms in total. The van der Waals surface area contributed by atoms with E-state index < -0.39 is 16.9 Å². The number of amides is 1. The summed E-state index contributed by atoms with van der Waals surface area (Å²) < 4.78 is 12.6. The molecule has 0 unspecified atom stereocenters. The summed E-state index contributed by atoms with van der Waals surface area (Å²) in [6, 6.07) is 25.5. The Morgan fingerprint density at radius 3 is 2.02 bits per heavy atom. The van der Waals surface area contributed by atoms with Gasteiger partial charge in [0.25, 0.3) is 5.91 Å². The average molecular weight is 575 g/mol. The summed E-state index contributed by atoms with van der Waals surface area (Å²) >= 11 is 1.24. The molecule has 200 valence electrons. The van der Waals surface area contributed by atoms with Crippen LogP contribution in [-0.4, -0.2) is 51.4 Å². The third-order valence-corrected chi connectivity index (χ3v) is 8.19. The number of carboxylic acids is 1. The van der Waals surface area contributed by atoms with E-state index in [1.165, 1.54) is 22.1 Å². The maximum absolute atomic E-state index is 12.8. The topological polar surface area (TPSA) is 110 Å². The van der Waals surface area contributed by atoms with E-state index >= 15 is 0 Å². The summed E-state index contributed by atoms with van der Waals surface area (Å²) in [5, 5.41) is 21.4. The van der Waals surface area contributed by atoms with Crippen LogP contribution in [0.15, 0.2) is 102 Å². The first-order valence-electron chi connectivity index (χ1n) is 12.4. The largest absolute Gasteiger partial charge is 1.00 e. The van der Waals surface area contributed by atoms with Crippen LogP contribution in [0, 0.1) is 0 Å². The van der Waals surface area contributed by atoms with Crippen molar-refractivity contribution < 1.29 is 53.7 Å². The summed E-state index contributed by atoms with van der Waals surface area (Å²) in [5.41, 5.74) is 2.61. The molecule has 0 N–H and O–H groups in total. The van der Waals surface area contributed by atoms with Gasteiger partial charge in [0.05, 0.1) is 37.7 Å². The van der Waals surface area contributed by atoms with E-state index in [1.807, 2.05) is 78.9 Å². The van der Waals surface area contributed by atoms with Crippen molar-refractivity contribution in [3.63, 3.8) is 0 Å². The van der Waals surface area contributed by atoms with Crippen molar-refractivity contribution in [1.82, 2.24) is 19.9 Å². The number of hydrogen-bond acceptors (Lipinski definition) is 8. The molecule has 41 heavy (non-hydrogen) atoms. The molecule has 1 atom stereocenters. The van der Waals surface area contributed by atoms with Crippen LogP contribution < -0.4 is 44.1 Å². The van der Waals surface area contributed by atoms with Crippen molar-refractivity contribution in [3.05, 3.63) is 124 Å². The number of ether oxygens (including phenoxy) is 2. The van der Waals surface area contributed by atoms with E-state index in [2.05, 4.69) is 10.3 Å². The normalized spacial score (nSPS) is 16.9. The summed E-state index contributed by atoms with van der Waals surface area (Å²) in [7, 11) is 3.24. The third-order valence-electron chi connectivity index (χ3n) is 7.11. The molecule has 0 bridgehead atoms. The summed E-state index contributed by atoms with van der Waals surface area (Å²) in [6.45, 7) is 0. The number of carboxylic acid groups (broad SMARTS) is 1. The summed E-state index contributed by atoms with van der Waals surface area (Å²) in [5.74, 6) is -0.327. The second-order valence-corrected chi connectivity index (χ2v) is 10.1. The van der Waals surface area contributed by atoms with Crippen molar-refractivity contribution in [3.8, 4) is 11.5 Å². The molecule has 1 fully saturated rings. The van der Waals surface area contributed by atoms with Crippen molar-refractivity contribution in [2.24, 2.45) is 0 Å². The number of rotatable bonds is 8. The van der Waals surface area contributed by atoms with Gasteiger partial charge in [-0.3, -0.25) is 9.69 Å². The molecule has 0 saturated carbocycles. The zero-order chi connectivity index (χ0) is 27.9. The molecule has 0 radical (unpaired) electrons. The van der Waals surface area contributed by atoms with E-state index in [4.69, 9.17) is 9.47 Å². The molecule has 1 aromatic heterocycles. The van der Waals surface area contributed by atoms with Gasteiger partial charge in [-0.2, -0.15) is 0 Å². The molecule has 0 spiro atoms. The van der Waals surface area contributed by atoms with Gasteiger partial charge in [-0.1, -0.05) is 59.8 Å². The molecular weight excluding hydrogens is 551 g/mol. The van der Waals surface area contributed by atoms with Crippen molar-refractivity contribution >= 4 is 29.7 Å². The zero-order valence-electron chi connectivity index (χ0n) is 22.6. The molecule has 4 aromatic rings. The Labute approximate surface area is 262 Å². The number of thioether (sulfide) groups is 1. The van der Waals surface area contributed by atoms with Crippen LogP contribution in [0.2, 0.25) is 0 Å². The molecule has 2 aliphatic heterocycles. The quantitative estimate of drug-likeness (QED) is 0.126. The number of aliphatic carboxylic acids is 1. The zero-order valence-corrected chi connectivity index (χ0v) is 25.4. The van der Waals surface area contributed by atoms with Gasteiger partial charge in [0.15, 0.2) is 0 Å². The SMILES string of the molecule is COc1ccc(C(c2ccccc2)(c2ccc(OC)cc2)n2cc(/C=C3\C(=O)N4C(C(=O)[O-])=CS[C@H]34)nn2)cc1.[Na+]. The summed E-state index contributed by atoms with van der Waals surface area (Å²) in [6.07, 6.45) is 3.45. The Morgan fingerprint density at radius 2 is 1.49 bits per heavy atom. The monoisotopic (exact) mass is 574 g/mol. The van der Waals surface area contributed by atoms with Crippen molar-refractivity contribution in [2.75, 3.05) is 14.2 Å². The molecule has 3 heterocycles. The van der Waals surface area contributed by atoms with E-state index in [9.17, 15) is 14.7 Å². The van der Waals surface area contributed by atoms with E-state index in [1.54, 1.807) is 31.2 Å². The number of aromatic nitrogens is 3. The number of methoxy groups -OCH3 is 2. The van der Waals surface area contributed by atoms with Crippen LogP contribution in [0.25, 0.3) is 6.08 Å². The Hall–Kier alpha value is -3.83. The number of carbonyl (C=O) groups is 2. The Balaban J connectivity index is 0.00000337. The van der Waals surface area contributed by atoms with Gasteiger partial charge in [-0.05, 0) is 52.4 Å². The smallest absolute Gasteiger partial charge is 0.543 e. The van der Waals surface area contributed by atoms with E-state index in [-0.39, 0.29) is 41.2 Å². The Kier molecular flexibility index (Phi) is 8.10. The fourth-order valence-corrected chi connectivity index (χ4v) is 6.28. The van der Waals surface area contributed by atoms with Gasteiger partial charge in [0.1, 0.15) is 28.1 Å². The van der Waals surface area contributed by atoms with Crippen LogP contribution in [0.4, 0.5) is 0 Å². The average Bonchev–Trinajstić information content (AvgIpc) is 3.63. The van der Waals surface area contributed by atoms with E-state index in [0.29, 0.717) is 11.3 Å². The fourth-order valence-electron chi connectivity index (χ4n) is 5.17. The Morgan fingerprint density at radius 1 is 0.927 bits per heavy atom. The molecule has 6 rings (SSSR count). The first-order chi connectivity index (χ1) is 19.5. The molecular formula is C30H23N4NaO5S. The number of hydrogen-bond donors (Lipinski definition) is 0. The number of carbonyl (C=O) groups excluding carboxylic acids is 2. The van der Waals surface area contributed by atoms with Gasteiger partial charge in [0.2, 0.25) is 0 Å². The van der Waals surface area contributed by atoms with Gasteiger partial charge in [0, 0.05) is 0 Å². The number of β-lactam (4-membered cyclic amide) rings is 1. The minimum atomic E-state index is -1.38. The van der Waals surface area contributed by atoms with Crippen molar-refractivity contribution in [2.45, 2.75) is 10.9 Å². The molecule has 1 saturated heterocycles. The van der Waals surface area contributed by atoms with Crippen LogP contribution in [0.3, 0.4) is 0 Å². The van der Waals surface area contributed by atoms with E-state index in [0.717, 1.165) is 28.2 Å². The minimum absolute atomic E-state index is 0. The number of benzene rings is 3. The number of fused-ring (bicyclic) bond motifs is 1. The summed E-state index contributed by atoms with van der Waals surface area (Å²) in [4.78, 5) is 25.4. The standard InChI is InChI=1S/C30H24N4O5S.Na/c1-38-23-12-8-20(9-13-23)30(19-6-4-3-5-7-19,21-10-14-24(39-2)15-11-21)33-17-22(31-32-33)16-25-27(35)34-26(29(36)37)18-40-28(25)34;/h3-18,28H,1-2H3,(H,36,37);/q;+1/p-1/b25-16+;/t28-;/m1./s1. The second kappa shape index (κ2) is 11.6. The third kappa shape index (κ3) is 4.76. The second-order valence-electron chi connectivity index (χ2n) is 9.18. The first-order valence-corrected chi connectivity index (χ1v) is 13.3. The predicted molar refractivity (Wildman–Crippen MR) is 147 cm³/mol. The Bertz CT molecular complexity index is 1600. The van der Waals surface area contributed by atoms with Crippen molar-refractivity contribution in [1.29, 1.82) is 0 Å². The molecule has 3 aromatic carbocycles. The number of nitrogens with zero attached hydrogens (tertiary/aromatic N) is 4. The van der Waals surface area contributed by atoms with Crippen LogP contribution in [0.1, 0.15) is 22.4 Å².